The number of hydrogen-bond donors (Lipinski definition) is 2. The van der Waals surface area contributed by atoms with Crippen LogP contribution in [-0.4, -0.2) is 22.5 Å². The average Bonchev–Trinajstić information content (AvgIpc) is 3.03. The van der Waals surface area contributed by atoms with E-state index in [1.54, 1.807) is 25.3 Å². The highest BCUT2D eigenvalue weighted by atomic mass is 16.5. The van der Waals surface area contributed by atoms with E-state index in [0.29, 0.717) is 29.5 Å². The van der Waals surface area contributed by atoms with Gasteiger partial charge >= 0.3 is 5.97 Å². The number of aryl methyl sites for hydroxylation is 1. The number of nitrogens with one attached hydrogen (secondary N) is 1. The van der Waals surface area contributed by atoms with Gasteiger partial charge in [-0.05, 0) is 61.9 Å². The minimum absolute atomic E-state index is 0.311. The monoisotopic (exact) mass is 361 g/mol. The Labute approximate surface area is 155 Å². The normalized spacial score (nSPS) is 11.0. The summed E-state index contributed by atoms with van der Waals surface area (Å²) in [6.45, 7) is 3.96. The summed E-state index contributed by atoms with van der Waals surface area (Å²) in [4.78, 5) is 19.8. The van der Waals surface area contributed by atoms with Crippen molar-refractivity contribution in [3.8, 4) is 11.5 Å². The number of rotatable bonds is 4. The van der Waals surface area contributed by atoms with Gasteiger partial charge in [-0.2, -0.15) is 0 Å². The maximum absolute atomic E-state index is 12.2. The number of fused-ring (bicyclic) bond motifs is 3. The first-order valence-electron chi connectivity index (χ1n) is 8.68. The van der Waals surface area contributed by atoms with Crippen molar-refractivity contribution in [3.63, 3.8) is 0 Å². The lowest BCUT2D eigenvalue weighted by Crippen LogP contribution is -2.09. The molecule has 0 aliphatic rings. The smallest absolute Gasteiger partial charge is 0.357 e. The molecule has 0 bridgehead atoms. The molecule has 6 nitrogen and oxygen atoms in total. The van der Waals surface area contributed by atoms with Gasteiger partial charge in [0.2, 0.25) is 0 Å². The second-order valence-electron chi connectivity index (χ2n) is 6.24. The molecule has 6 heteroatoms. The topological polar surface area (TPSA) is 90.2 Å². The van der Waals surface area contributed by atoms with Crippen molar-refractivity contribution < 1.29 is 14.3 Å². The number of nitrogens with zero attached hydrogens (tertiary/aromatic N) is 1. The Morgan fingerprint density at radius 3 is 2.59 bits per heavy atom. The van der Waals surface area contributed by atoms with E-state index >= 15 is 0 Å². The number of esters is 1. The van der Waals surface area contributed by atoms with Gasteiger partial charge in [-0.25, -0.2) is 9.78 Å². The zero-order chi connectivity index (χ0) is 19.0. The van der Waals surface area contributed by atoms with E-state index in [9.17, 15) is 4.79 Å². The van der Waals surface area contributed by atoms with Crippen LogP contribution in [0.1, 0.15) is 23.0 Å². The minimum Gasteiger partial charge on any atom is -0.461 e. The summed E-state index contributed by atoms with van der Waals surface area (Å²) in [5, 5.41) is 1.90. The van der Waals surface area contributed by atoms with Crippen LogP contribution in [0.15, 0.2) is 48.7 Å². The first-order valence-corrected chi connectivity index (χ1v) is 8.68. The highest BCUT2D eigenvalue weighted by Gasteiger charge is 2.17. The molecule has 0 spiro atoms. The Morgan fingerprint density at radius 1 is 1.11 bits per heavy atom. The van der Waals surface area contributed by atoms with Gasteiger partial charge in [-0.15, -0.1) is 0 Å². The van der Waals surface area contributed by atoms with Crippen LogP contribution in [0, 0.1) is 6.92 Å². The van der Waals surface area contributed by atoms with Crippen molar-refractivity contribution in [2.75, 3.05) is 12.3 Å². The zero-order valence-corrected chi connectivity index (χ0v) is 15.1. The highest BCUT2D eigenvalue weighted by molar-refractivity contribution is 6.11. The van der Waals surface area contributed by atoms with Crippen LogP contribution in [0.5, 0.6) is 11.5 Å². The predicted octanol–water partition coefficient (Wildman–Crippen LogP) is 4.58. The summed E-state index contributed by atoms with van der Waals surface area (Å²) in [7, 11) is 0. The van der Waals surface area contributed by atoms with Crippen LogP contribution in [-0.2, 0) is 4.74 Å². The Morgan fingerprint density at radius 2 is 1.85 bits per heavy atom. The standard InChI is InChI=1S/C21H19N3O3/c1-3-26-21(25)20-12(2)19-16-10-15(27-14-6-4-13(22)5-7-14)8-9-17(16)24-18(19)11-23-20/h4-11,24H,3,22H2,1-2H3. The van der Waals surface area contributed by atoms with Gasteiger partial charge in [0.15, 0.2) is 5.69 Å². The molecule has 0 saturated carbocycles. The molecule has 0 aliphatic carbocycles. The molecule has 3 N–H and O–H groups in total. The van der Waals surface area contributed by atoms with Gasteiger partial charge in [0.05, 0.1) is 18.3 Å². The summed E-state index contributed by atoms with van der Waals surface area (Å²) in [6, 6.07) is 13.0. The van der Waals surface area contributed by atoms with E-state index in [-0.39, 0.29) is 0 Å². The summed E-state index contributed by atoms with van der Waals surface area (Å²) in [6.07, 6.45) is 1.66. The molecule has 2 aromatic carbocycles. The third-order valence-electron chi connectivity index (χ3n) is 4.44. The lowest BCUT2D eigenvalue weighted by molar-refractivity contribution is 0.0519. The van der Waals surface area contributed by atoms with Crippen molar-refractivity contribution in [1.82, 2.24) is 9.97 Å². The SMILES string of the molecule is CCOC(=O)c1ncc2[nH]c3ccc(Oc4ccc(N)cc4)cc3c2c1C. The number of pyridine rings is 1. The van der Waals surface area contributed by atoms with E-state index in [1.807, 2.05) is 37.3 Å². The summed E-state index contributed by atoms with van der Waals surface area (Å²) in [5.41, 5.74) is 9.31. The molecule has 0 saturated heterocycles. The average molecular weight is 361 g/mol. The molecule has 0 amide bonds. The highest BCUT2D eigenvalue weighted by Crippen LogP contribution is 2.33. The van der Waals surface area contributed by atoms with Gasteiger partial charge in [0, 0.05) is 22.0 Å². The van der Waals surface area contributed by atoms with Crippen LogP contribution in [0.4, 0.5) is 5.69 Å². The fourth-order valence-corrected chi connectivity index (χ4v) is 3.18. The fourth-order valence-electron chi connectivity index (χ4n) is 3.18. The van der Waals surface area contributed by atoms with Crippen molar-refractivity contribution >= 4 is 33.5 Å². The maximum Gasteiger partial charge on any atom is 0.357 e. The second-order valence-corrected chi connectivity index (χ2v) is 6.24. The number of H-pyrrole nitrogens is 1. The van der Waals surface area contributed by atoms with Gasteiger partial charge in [0.1, 0.15) is 11.5 Å². The van der Waals surface area contributed by atoms with Crippen molar-refractivity contribution in [2.24, 2.45) is 0 Å². The number of hydrogen-bond acceptors (Lipinski definition) is 5. The summed E-state index contributed by atoms with van der Waals surface area (Å²) < 4.78 is 11.1. The Hall–Kier alpha value is -3.54. The van der Waals surface area contributed by atoms with Crippen molar-refractivity contribution in [2.45, 2.75) is 13.8 Å². The van der Waals surface area contributed by atoms with Gasteiger partial charge in [0.25, 0.3) is 0 Å². The Bertz CT molecular complexity index is 1150. The predicted molar refractivity (Wildman–Crippen MR) is 105 cm³/mol. The number of nitrogen functional groups attached to an aromatic ring is 1. The molecule has 0 fully saturated rings. The lowest BCUT2D eigenvalue weighted by atomic mass is 10.1. The number of aromatic amines is 1. The van der Waals surface area contributed by atoms with E-state index < -0.39 is 5.97 Å². The third kappa shape index (κ3) is 3.06. The lowest BCUT2D eigenvalue weighted by Gasteiger charge is -2.07. The number of ether oxygens (including phenoxy) is 2. The largest absolute Gasteiger partial charge is 0.461 e. The maximum atomic E-state index is 12.2. The number of anilines is 1. The second kappa shape index (κ2) is 6.64. The molecule has 0 aliphatic heterocycles. The number of carbonyl (C=O) groups is 1. The number of carbonyl (C=O) groups excluding carboxylic acids is 1. The van der Waals surface area contributed by atoms with Crippen LogP contribution in [0.2, 0.25) is 0 Å². The summed E-state index contributed by atoms with van der Waals surface area (Å²) >= 11 is 0. The third-order valence-corrected chi connectivity index (χ3v) is 4.44. The van der Waals surface area contributed by atoms with Crippen LogP contribution in [0.25, 0.3) is 21.8 Å². The quantitative estimate of drug-likeness (QED) is 0.410. The molecule has 27 heavy (non-hydrogen) atoms. The molecular weight excluding hydrogens is 342 g/mol. The number of nitrogens with two attached hydrogens (primary N) is 1. The zero-order valence-electron chi connectivity index (χ0n) is 15.1. The van der Waals surface area contributed by atoms with Crippen molar-refractivity contribution in [1.29, 1.82) is 0 Å². The first kappa shape index (κ1) is 16.9. The van der Waals surface area contributed by atoms with E-state index in [2.05, 4.69) is 9.97 Å². The molecule has 4 aromatic rings. The molecule has 4 rings (SSSR count). The molecule has 0 atom stereocenters. The molecule has 136 valence electrons. The number of aromatic nitrogens is 2. The van der Waals surface area contributed by atoms with Crippen LogP contribution >= 0.6 is 0 Å². The minimum atomic E-state index is -0.416. The Kier molecular flexibility index (Phi) is 4.16. The molecule has 2 aromatic heterocycles. The molecule has 0 unspecified atom stereocenters. The fraction of sp³-hybridized carbons (Fsp3) is 0.143. The van der Waals surface area contributed by atoms with Crippen molar-refractivity contribution in [3.05, 3.63) is 59.9 Å². The van der Waals surface area contributed by atoms with Gasteiger partial charge in [-0.3, -0.25) is 0 Å². The van der Waals surface area contributed by atoms with E-state index in [1.165, 1.54) is 0 Å². The molecule has 2 heterocycles. The van der Waals surface area contributed by atoms with Gasteiger partial charge in [-0.1, -0.05) is 0 Å². The van der Waals surface area contributed by atoms with Crippen LogP contribution < -0.4 is 10.5 Å². The Balaban J connectivity index is 1.81. The number of benzene rings is 2. The van der Waals surface area contributed by atoms with Crippen LogP contribution in [0.3, 0.4) is 0 Å². The van der Waals surface area contributed by atoms with E-state index in [4.69, 9.17) is 15.2 Å². The molecule has 0 radical (unpaired) electrons. The molecular formula is C21H19N3O3. The first-order chi connectivity index (χ1) is 13.1. The van der Waals surface area contributed by atoms with Gasteiger partial charge < -0.3 is 20.2 Å². The van der Waals surface area contributed by atoms with E-state index in [0.717, 1.165) is 27.4 Å². The summed E-state index contributed by atoms with van der Waals surface area (Å²) in [5.74, 6) is 0.983.